The first-order chi connectivity index (χ1) is 11.7. The molecule has 0 N–H and O–H groups in total. The molecule has 0 aromatic rings. The van der Waals surface area contributed by atoms with E-state index in [0.29, 0.717) is 0 Å². The molecule has 0 aromatic heterocycles. The van der Waals surface area contributed by atoms with Gasteiger partial charge in [0.1, 0.15) is 6.10 Å². The van der Waals surface area contributed by atoms with Gasteiger partial charge in [0, 0.05) is 5.57 Å². The molecule has 0 aliphatic carbocycles. The fourth-order valence-corrected chi connectivity index (χ4v) is 2.89. The Morgan fingerprint density at radius 3 is 1.96 bits per heavy atom. The van der Waals surface area contributed by atoms with Crippen LogP contribution in [0.4, 0.5) is 0 Å². The Morgan fingerprint density at radius 1 is 0.833 bits per heavy atom. The van der Waals surface area contributed by atoms with Crippen molar-refractivity contribution >= 4 is 5.97 Å². The zero-order chi connectivity index (χ0) is 18.0. The largest absolute Gasteiger partial charge is 0.459 e. The highest BCUT2D eigenvalue weighted by Crippen LogP contribution is 2.14. The maximum absolute atomic E-state index is 12.2. The van der Waals surface area contributed by atoms with Gasteiger partial charge in [0.2, 0.25) is 0 Å². The molecule has 142 valence electrons. The summed E-state index contributed by atoms with van der Waals surface area (Å²) in [4.78, 5) is 12.2. The van der Waals surface area contributed by atoms with Crippen molar-refractivity contribution in [3.05, 3.63) is 11.6 Å². The van der Waals surface area contributed by atoms with Crippen molar-refractivity contribution in [2.75, 3.05) is 0 Å². The van der Waals surface area contributed by atoms with Gasteiger partial charge in [-0.25, -0.2) is 4.79 Å². The molecule has 0 fully saturated rings. The lowest BCUT2D eigenvalue weighted by Crippen LogP contribution is -2.18. The van der Waals surface area contributed by atoms with Gasteiger partial charge in [0.05, 0.1) is 0 Å². The van der Waals surface area contributed by atoms with Gasteiger partial charge in [-0.15, -0.1) is 0 Å². The highest BCUT2D eigenvalue weighted by atomic mass is 16.5. The van der Waals surface area contributed by atoms with E-state index in [9.17, 15) is 4.79 Å². The lowest BCUT2D eigenvalue weighted by atomic mass is 10.1. The molecule has 0 aliphatic rings. The Hall–Kier alpha value is -0.790. The number of allylic oxidation sites excluding steroid dienone is 1. The van der Waals surface area contributed by atoms with Crippen LogP contribution in [0.1, 0.15) is 118 Å². The van der Waals surface area contributed by atoms with E-state index in [4.69, 9.17) is 4.74 Å². The molecule has 24 heavy (non-hydrogen) atoms. The monoisotopic (exact) mass is 338 g/mol. The first-order valence-corrected chi connectivity index (χ1v) is 10.5. The lowest BCUT2D eigenvalue weighted by Gasteiger charge is -2.16. The van der Waals surface area contributed by atoms with E-state index in [-0.39, 0.29) is 12.1 Å². The van der Waals surface area contributed by atoms with Crippen LogP contribution < -0.4 is 0 Å². The van der Waals surface area contributed by atoms with Crippen LogP contribution in [0.3, 0.4) is 0 Å². The van der Waals surface area contributed by atoms with Crippen molar-refractivity contribution in [2.24, 2.45) is 0 Å². The van der Waals surface area contributed by atoms with Crippen LogP contribution in [-0.4, -0.2) is 12.1 Å². The number of carbonyl (C=O) groups is 1. The molecule has 1 atom stereocenters. The normalized spacial score (nSPS) is 13.1. The highest BCUT2D eigenvalue weighted by molar-refractivity contribution is 5.87. The lowest BCUT2D eigenvalue weighted by molar-refractivity contribution is -0.144. The van der Waals surface area contributed by atoms with E-state index >= 15 is 0 Å². The van der Waals surface area contributed by atoms with Gasteiger partial charge in [-0.05, 0) is 39.0 Å². The van der Waals surface area contributed by atoms with Gasteiger partial charge in [0.25, 0.3) is 0 Å². The molecule has 2 nitrogen and oxygen atoms in total. The molecule has 0 saturated carbocycles. The van der Waals surface area contributed by atoms with Crippen LogP contribution >= 0.6 is 0 Å². The van der Waals surface area contributed by atoms with Crippen molar-refractivity contribution in [3.63, 3.8) is 0 Å². The number of hydrogen-bond acceptors (Lipinski definition) is 2. The van der Waals surface area contributed by atoms with Crippen molar-refractivity contribution < 1.29 is 9.53 Å². The minimum absolute atomic E-state index is 0.0940. The number of hydrogen-bond donors (Lipinski definition) is 0. The smallest absolute Gasteiger partial charge is 0.333 e. The topological polar surface area (TPSA) is 26.3 Å². The van der Waals surface area contributed by atoms with Crippen LogP contribution in [0.5, 0.6) is 0 Å². The van der Waals surface area contributed by atoms with E-state index < -0.39 is 0 Å². The maximum atomic E-state index is 12.2. The number of unbranched alkanes of at least 4 members (excludes halogenated alkanes) is 10. The molecule has 0 heterocycles. The third-order valence-corrected chi connectivity index (χ3v) is 4.69. The molecule has 1 unspecified atom stereocenters. The fraction of sp³-hybridized carbons (Fsp3) is 0.864. The first-order valence-electron chi connectivity index (χ1n) is 10.5. The van der Waals surface area contributed by atoms with Crippen molar-refractivity contribution in [3.8, 4) is 0 Å². The standard InChI is InChI=1S/C22H42O2/c1-5-8-10-12-13-15-16-18-20(4)22(23)24-21(7-3)19-17-14-11-9-6-2/h18,21H,5-17,19H2,1-4H3. The van der Waals surface area contributed by atoms with Crippen molar-refractivity contribution in [1.29, 1.82) is 0 Å². The van der Waals surface area contributed by atoms with Crippen LogP contribution in [0, 0.1) is 0 Å². The molecule has 2 heteroatoms. The highest BCUT2D eigenvalue weighted by Gasteiger charge is 2.13. The molecule has 0 radical (unpaired) electrons. The Labute approximate surface area is 151 Å². The third-order valence-electron chi connectivity index (χ3n) is 4.69. The van der Waals surface area contributed by atoms with Gasteiger partial charge >= 0.3 is 5.97 Å². The summed E-state index contributed by atoms with van der Waals surface area (Å²) in [6, 6.07) is 0. The van der Waals surface area contributed by atoms with Gasteiger partial charge in [-0.1, -0.05) is 84.6 Å². The Bertz CT molecular complexity index is 320. The quantitative estimate of drug-likeness (QED) is 0.167. The third kappa shape index (κ3) is 13.6. The summed E-state index contributed by atoms with van der Waals surface area (Å²) >= 11 is 0. The second-order valence-corrected chi connectivity index (χ2v) is 7.08. The molecule has 0 aromatic carbocycles. The van der Waals surface area contributed by atoms with Crippen LogP contribution in [0.2, 0.25) is 0 Å². The minimum Gasteiger partial charge on any atom is -0.459 e. The molecule has 0 spiro atoms. The Kier molecular flexibility index (Phi) is 16.5. The zero-order valence-corrected chi connectivity index (χ0v) is 16.9. The molecule has 0 bridgehead atoms. The molecule has 0 saturated heterocycles. The van der Waals surface area contributed by atoms with E-state index in [0.717, 1.165) is 24.8 Å². The molecule has 0 rings (SSSR count). The fourth-order valence-electron chi connectivity index (χ4n) is 2.89. The van der Waals surface area contributed by atoms with Gasteiger partial charge in [0.15, 0.2) is 0 Å². The predicted octanol–water partition coefficient (Wildman–Crippen LogP) is 7.37. The Morgan fingerprint density at radius 2 is 1.38 bits per heavy atom. The summed E-state index contributed by atoms with van der Waals surface area (Å²) in [6.45, 7) is 8.48. The van der Waals surface area contributed by atoms with E-state index in [1.165, 1.54) is 70.6 Å². The maximum Gasteiger partial charge on any atom is 0.333 e. The van der Waals surface area contributed by atoms with Crippen LogP contribution in [-0.2, 0) is 9.53 Å². The van der Waals surface area contributed by atoms with Crippen molar-refractivity contribution in [2.45, 2.75) is 124 Å². The van der Waals surface area contributed by atoms with E-state index in [1.807, 2.05) is 6.92 Å². The van der Waals surface area contributed by atoms with E-state index in [1.54, 1.807) is 0 Å². The number of ether oxygens (including phenoxy) is 1. The Balaban J connectivity index is 3.88. The average Bonchev–Trinajstić information content (AvgIpc) is 2.59. The first kappa shape index (κ1) is 23.2. The second kappa shape index (κ2) is 17.0. The molecule has 0 amide bonds. The molecular weight excluding hydrogens is 296 g/mol. The number of carbonyl (C=O) groups excluding carboxylic acids is 1. The molecule has 0 aliphatic heterocycles. The van der Waals surface area contributed by atoms with Crippen molar-refractivity contribution in [1.82, 2.24) is 0 Å². The summed E-state index contributed by atoms with van der Waals surface area (Å²) in [5, 5.41) is 0. The SMILES string of the molecule is CCCCCCCCC=C(C)C(=O)OC(CC)CCCCCCC. The summed E-state index contributed by atoms with van der Waals surface area (Å²) < 4.78 is 5.67. The van der Waals surface area contributed by atoms with Gasteiger partial charge in [-0.2, -0.15) is 0 Å². The summed E-state index contributed by atoms with van der Waals surface area (Å²) in [6.07, 6.45) is 19.2. The van der Waals surface area contributed by atoms with Gasteiger partial charge < -0.3 is 4.74 Å². The van der Waals surface area contributed by atoms with Gasteiger partial charge in [-0.3, -0.25) is 0 Å². The van der Waals surface area contributed by atoms with E-state index in [2.05, 4.69) is 26.8 Å². The second-order valence-electron chi connectivity index (χ2n) is 7.08. The average molecular weight is 339 g/mol. The summed E-state index contributed by atoms with van der Waals surface area (Å²) in [7, 11) is 0. The number of esters is 1. The minimum atomic E-state index is -0.110. The molecular formula is C22H42O2. The summed E-state index contributed by atoms with van der Waals surface area (Å²) in [5.41, 5.74) is 0.785. The number of rotatable bonds is 16. The summed E-state index contributed by atoms with van der Waals surface area (Å²) in [5.74, 6) is -0.110. The van der Waals surface area contributed by atoms with Crippen LogP contribution in [0.15, 0.2) is 11.6 Å². The zero-order valence-electron chi connectivity index (χ0n) is 16.9. The predicted molar refractivity (Wildman–Crippen MR) is 105 cm³/mol. The van der Waals surface area contributed by atoms with Crippen LogP contribution in [0.25, 0.3) is 0 Å².